The monoisotopic (exact) mass is 404 g/mol. The number of rotatable bonds is 18. The van der Waals surface area contributed by atoms with Gasteiger partial charge in [-0.3, -0.25) is 0 Å². The molecule has 0 amide bonds. The Labute approximate surface area is 185 Å². The largest absolute Gasteiger partial charge is 0.0654 e. The standard InChI is InChI=1S/C29H56/c1-3-5-7-9-10-11-12-13-15-19-26(18-14-8-6-4-2)24-27-22-23-29(25-27)28-20-16-17-21-28/h26-29H,3-25H2,1-2H3. The van der Waals surface area contributed by atoms with Gasteiger partial charge in [-0.1, -0.05) is 142 Å². The molecule has 0 saturated heterocycles. The van der Waals surface area contributed by atoms with E-state index in [9.17, 15) is 0 Å². The van der Waals surface area contributed by atoms with Crippen LogP contribution in [0, 0.1) is 23.7 Å². The van der Waals surface area contributed by atoms with Crippen molar-refractivity contribution in [3.8, 4) is 0 Å². The lowest BCUT2D eigenvalue weighted by atomic mass is 9.83. The van der Waals surface area contributed by atoms with Gasteiger partial charge in [-0.05, 0) is 42.9 Å². The Balaban J connectivity index is 1.59. The first kappa shape index (κ1) is 25.3. The highest BCUT2D eigenvalue weighted by Gasteiger charge is 2.33. The van der Waals surface area contributed by atoms with E-state index in [-0.39, 0.29) is 0 Å². The van der Waals surface area contributed by atoms with Crippen LogP contribution < -0.4 is 0 Å². The average molecular weight is 405 g/mol. The Bertz CT molecular complexity index is 353. The van der Waals surface area contributed by atoms with Crippen molar-refractivity contribution in [2.75, 3.05) is 0 Å². The molecule has 3 atom stereocenters. The van der Waals surface area contributed by atoms with E-state index in [0.717, 1.165) is 23.7 Å². The molecule has 2 aliphatic rings. The Morgan fingerprint density at radius 2 is 1.07 bits per heavy atom. The molecule has 0 aromatic carbocycles. The molecule has 2 rings (SSSR count). The van der Waals surface area contributed by atoms with Crippen molar-refractivity contribution >= 4 is 0 Å². The van der Waals surface area contributed by atoms with Crippen LogP contribution in [0.25, 0.3) is 0 Å². The average Bonchev–Trinajstić information content (AvgIpc) is 3.41. The first-order valence-corrected chi connectivity index (χ1v) is 14.3. The Kier molecular flexibility index (Phi) is 14.5. The maximum absolute atomic E-state index is 2.35. The highest BCUT2D eigenvalue weighted by atomic mass is 14.4. The third kappa shape index (κ3) is 11.3. The van der Waals surface area contributed by atoms with Crippen molar-refractivity contribution in [3.63, 3.8) is 0 Å². The van der Waals surface area contributed by atoms with E-state index in [1.165, 1.54) is 96.3 Å². The third-order valence-electron chi connectivity index (χ3n) is 8.50. The molecule has 0 aromatic rings. The molecule has 0 nitrogen and oxygen atoms in total. The minimum atomic E-state index is 1.06. The molecule has 29 heavy (non-hydrogen) atoms. The Morgan fingerprint density at radius 3 is 1.66 bits per heavy atom. The molecule has 2 saturated carbocycles. The zero-order chi connectivity index (χ0) is 20.6. The quantitative estimate of drug-likeness (QED) is 0.199. The van der Waals surface area contributed by atoms with Crippen molar-refractivity contribution in [1.29, 1.82) is 0 Å². The summed E-state index contributed by atoms with van der Waals surface area (Å²) in [7, 11) is 0. The summed E-state index contributed by atoms with van der Waals surface area (Å²) in [6.45, 7) is 4.67. The Morgan fingerprint density at radius 1 is 0.552 bits per heavy atom. The molecule has 0 N–H and O–H groups in total. The minimum absolute atomic E-state index is 1.06. The van der Waals surface area contributed by atoms with Crippen molar-refractivity contribution in [2.45, 2.75) is 162 Å². The summed E-state index contributed by atoms with van der Waals surface area (Å²) in [6, 6.07) is 0. The molecule has 2 fully saturated rings. The lowest BCUT2D eigenvalue weighted by molar-refractivity contribution is 0.292. The van der Waals surface area contributed by atoms with Crippen LogP contribution in [0.15, 0.2) is 0 Å². The van der Waals surface area contributed by atoms with E-state index in [1.54, 1.807) is 51.4 Å². The first-order chi connectivity index (χ1) is 14.3. The molecule has 0 aliphatic heterocycles. The predicted molar refractivity (Wildman–Crippen MR) is 131 cm³/mol. The fourth-order valence-corrected chi connectivity index (χ4v) is 6.64. The molecule has 0 spiro atoms. The summed E-state index contributed by atoms with van der Waals surface area (Å²) >= 11 is 0. The van der Waals surface area contributed by atoms with Crippen LogP contribution in [0.1, 0.15) is 162 Å². The topological polar surface area (TPSA) is 0 Å². The number of hydrogen-bond acceptors (Lipinski definition) is 0. The molecular weight excluding hydrogens is 348 g/mol. The maximum atomic E-state index is 2.35. The van der Waals surface area contributed by atoms with E-state index in [4.69, 9.17) is 0 Å². The second-order valence-electron chi connectivity index (χ2n) is 11.1. The maximum Gasteiger partial charge on any atom is -0.0383 e. The molecule has 0 bridgehead atoms. The minimum Gasteiger partial charge on any atom is -0.0654 e. The lowest BCUT2D eigenvalue weighted by Crippen LogP contribution is -2.11. The van der Waals surface area contributed by atoms with E-state index in [0.29, 0.717) is 0 Å². The van der Waals surface area contributed by atoms with Crippen LogP contribution in [-0.2, 0) is 0 Å². The van der Waals surface area contributed by atoms with Crippen LogP contribution in [0.5, 0.6) is 0 Å². The van der Waals surface area contributed by atoms with Crippen LogP contribution in [-0.4, -0.2) is 0 Å². The van der Waals surface area contributed by atoms with Gasteiger partial charge >= 0.3 is 0 Å². The van der Waals surface area contributed by atoms with Gasteiger partial charge in [0.05, 0.1) is 0 Å². The zero-order valence-corrected chi connectivity index (χ0v) is 20.6. The van der Waals surface area contributed by atoms with Crippen molar-refractivity contribution in [1.82, 2.24) is 0 Å². The molecule has 0 heteroatoms. The third-order valence-corrected chi connectivity index (χ3v) is 8.50. The number of hydrogen-bond donors (Lipinski definition) is 0. The fourth-order valence-electron chi connectivity index (χ4n) is 6.64. The molecular formula is C29H56. The summed E-state index contributed by atoms with van der Waals surface area (Å²) in [6.07, 6.45) is 34.8. The van der Waals surface area contributed by atoms with Crippen LogP contribution in [0.3, 0.4) is 0 Å². The van der Waals surface area contributed by atoms with Gasteiger partial charge in [0.1, 0.15) is 0 Å². The van der Waals surface area contributed by atoms with Gasteiger partial charge in [0.25, 0.3) is 0 Å². The highest BCUT2D eigenvalue weighted by molar-refractivity contribution is 4.84. The molecule has 3 unspecified atom stereocenters. The summed E-state index contributed by atoms with van der Waals surface area (Å²) in [5.74, 6) is 4.40. The van der Waals surface area contributed by atoms with E-state index >= 15 is 0 Å². The first-order valence-electron chi connectivity index (χ1n) is 14.3. The van der Waals surface area contributed by atoms with Gasteiger partial charge in [-0.15, -0.1) is 0 Å². The molecule has 0 heterocycles. The van der Waals surface area contributed by atoms with E-state index < -0.39 is 0 Å². The summed E-state index contributed by atoms with van der Waals surface area (Å²) in [5, 5.41) is 0. The summed E-state index contributed by atoms with van der Waals surface area (Å²) in [5.41, 5.74) is 0. The highest BCUT2D eigenvalue weighted by Crippen LogP contribution is 2.45. The zero-order valence-electron chi connectivity index (χ0n) is 20.6. The number of unbranched alkanes of at least 4 members (excludes halogenated alkanes) is 11. The second-order valence-corrected chi connectivity index (χ2v) is 11.1. The van der Waals surface area contributed by atoms with Crippen LogP contribution in [0.4, 0.5) is 0 Å². The molecule has 0 aromatic heterocycles. The SMILES string of the molecule is CCCCCCCCCCCC(CCCCCC)CC1CCC(C2CCCC2)C1. The van der Waals surface area contributed by atoms with Gasteiger partial charge < -0.3 is 0 Å². The fraction of sp³-hybridized carbons (Fsp3) is 1.00. The van der Waals surface area contributed by atoms with Gasteiger partial charge in [0.2, 0.25) is 0 Å². The van der Waals surface area contributed by atoms with Gasteiger partial charge in [0, 0.05) is 0 Å². The molecule has 2 aliphatic carbocycles. The van der Waals surface area contributed by atoms with Crippen molar-refractivity contribution < 1.29 is 0 Å². The second kappa shape index (κ2) is 16.7. The van der Waals surface area contributed by atoms with Crippen LogP contribution in [0.2, 0.25) is 0 Å². The van der Waals surface area contributed by atoms with E-state index in [1.807, 2.05) is 0 Å². The van der Waals surface area contributed by atoms with Gasteiger partial charge in [0.15, 0.2) is 0 Å². The molecule has 172 valence electrons. The van der Waals surface area contributed by atoms with Crippen molar-refractivity contribution in [2.24, 2.45) is 23.7 Å². The normalized spacial score (nSPS) is 23.8. The van der Waals surface area contributed by atoms with Crippen LogP contribution >= 0.6 is 0 Å². The van der Waals surface area contributed by atoms with Gasteiger partial charge in [-0.2, -0.15) is 0 Å². The summed E-state index contributed by atoms with van der Waals surface area (Å²) in [4.78, 5) is 0. The van der Waals surface area contributed by atoms with Crippen molar-refractivity contribution in [3.05, 3.63) is 0 Å². The smallest absolute Gasteiger partial charge is 0.0383 e. The van der Waals surface area contributed by atoms with Gasteiger partial charge in [-0.25, -0.2) is 0 Å². The molecule has 0 radical (unpaired) electrons. The van der Waals surface area contributed by atoms with E-state index in [2.05, 4.69) is 13.8 Å². The lowest BCUT2D eigenvalue weighted by Gasteiger charge is -2.22. The summed E-state index contributed by atoms with van der Waals surface area (Å²) < 4.78 is 0. The predicted octanol–water partition coefficient (Wildman–Crippen LogP) is 10.5. The Hall–Kier alpha value is 0.